The van der Waals surface area contributed by atoms with Crippen molar-refractivity contribution in [2.45, 2.75) is 109 Å². The van der Waals surface area contributed by atoms with Gasteiger partial charge in [0.2, 0.25) is 5.95 Å². The highest BCUT2D eigenvalue weighted by atomic mass is 16.3. The van der Waals surface area contributed by atoms with E-state index in [0.717, 1.165) is 67.9 Å². The highest BCUT2D eigenvalue weighted by molar-refractivity contribution is 5.73. The van der Waals surface area contributed by atoms with Crippen molar-refractivity contribution in [1.29, 1.82) is 0 Å². The van der Waals surface area contributed by atoms with Crippen molar-refractivity contribution in [1.82, 2.24) is 15.0 Å². The maximum Gasteiger partial charge on any atom is 0.224 e. The molecule has 2 aromatic heterocycles. The summed E-state index contributed by atoms with van der Waals surface area (Å²) in [5, 5.41) is 17.0. The van der Waals surface area contributed by atoms with Gasteiger partial charge in [0.05, 0.1) is 17.4 Å². The first-order chi connectivity index (χ1) is 16.1. The van der Waals surface area contributed by atoms with E-state index in [4.69, 9.17) is 9.97 Å². The van der Waals surface area contributed by atoms with Crippen LogP contribution in [0.3, 0.4) is 0 Å². The van der Waals surface area contributed by atoms with Gasteiger partial charge in [-0.2, -0.15) is 4.98 Å². The summed E-state index contributed by atoms with van der Waals surface area (Å²) in [6.07, 6.45) is 17.5. The molecule has 0 saturated heterocycles. The van der Waals surface area contributed by atoms with Gasteiger partial charge in [-0.25, -0.2) is 4.98 Å². The minimum atomic E-state index is -0.168. The molecular formula is C27H41N5O. The molecule has 1 atom stereocenters. The van der Waals surface area contributed by atoms with Crippen molar-refractivity contribution in [3.8, 4) is 11.3 Å². The smallest absolute Gasteiger partial charge is 0.224 e. The summed E-state index contributed by atoms with van der Waals surface area (Å²) in [6.45, 7) is 4.36. The van der Waals surface area contributed by atoms with Crippen molar-refractivity contribution in [2.24, 2.45) is 5.92 Å². The Balaban J connectivity index is 1.52. The zero-order chi connectivity index (χ0) is 23.0. The van der Waals surface area contributed by atoms with E-state index in [9.17, 15) is 5.11 Å². The van der Waals surface area contributed by atoms with Gasteiger partial charge in [0, 0.05) is 24.5 Å². The predicted octanol–water partition coefficient (Wildman–Crippen LogP) is 5.98. The van der Waals surface area contributed by atoms with E-state index in [1.165, 1.54) is 37.7 Å². The molecule has 33 heavy (non-hydrogen) atoms. The number of hydrogen-bond acceptors (Lipinski definition) is 6. The van der Waals surface area contributed by atoms with Gasteiger partial charge in [-0.05, 0) is 63.0 Å². The quantitative estimate of drug-likeness (QED) is 0.435. The molecule has 0 aromatic carbocycles. The van der Waals surface area contributed by atoms with Crippen LogP contribution >= 0.6 is 0 Å². The maximum atomic E-state index is 9.89. The Morgan fingerprint density at radius 2 is 1.79 bits per heavy atom. The number of nitrogens with one attached hydrogen (secondary N) is 2. The Hall–Kier alpha value is -2.21. The van der Waals surface area contributed by atoms with Gasteiger partial charge in [-0.3, -0.25) is 4.98 Å². The molecule has 0 unspecified atom stereocenters. The molecule has 0 bridgehead atoms. The first-order valence-corrected chi connectivity index (χ1v) is 13.1. The van der Waals surface area contributed by atoms with Crippen molar-refractivity contribution in [2.75, 3.05) is 10.6 Å². The topological polar surface area (TPSA) is 83.0 Å². The summed E-state index contributed by atoms with van der Waals surface area (Å²) < 4.78 is 0. The zero-order valence-electron chi connectivity index (χ0n) is 20.4. The third kappa shape index (κ3) is 6.89. The number of nitrogens with zero attached hydrogens (tertiary/aromatic N) is 3. The summed E-state index contributed by atoms with van der Waals surface area (Å²) in [6, 6.07) is 5.00. The lowest BCUT2D eigenvalue weighted by atomic mass is 9.85. The van der Waals surface area contributed by atoms with E-state index in [2.05, 4.69) is 41.6 Å². The summed E-state index contributed by atoms with van der Waals surface area (Å²) in [5.41, 5.74) is 3.18. The van der Waals surface area contributed by atoms with Crippen LogP contribution < -0.4 is 10.6 Å². The number of hydrogen-bond donors (Lipinski definition) is 3. The Labute approximate surface area is 199 Å². The minimum Gasteiger partial charge on any atom is -0.393 e. The van der Waals surface area contributed by atoms with Crippen LogP contribution in [0.15, 0.2) is 24.5 Å². The second kappa shape index (κ2) is 11.8. The summed E-state index contributed by atoms with van der Waals surface area (Å²) >= 11 is 0. The third-order valence-electron chi connectivity index (χ3n) is 7.27. The van der Waals surface area contributed by atoms with Gasteiger partial charge in [0.25, 0.3) is 0 Å². The lowest BCUT2D eigenvalue weighted by Crippen LogP contribution is -2.29. The van der Waals surface area contributed by atoms with E-state index >= 15 is 0 Å². The van der Waals surface area contributed by atoms with Gasteiger partial charge in [0.1, 0.15) is 5.82 Å². The molecule has 6 heteroatoms. The van der Waals surface area contributed by atoms with Crippen LogP contribution in [-0.4, -0.2) is 38.2 Å². The van der Waals surface area contributed by atoms with Crippen LogP contribution in [-0.2, 0) is 6.42 Å². The third-order valence-corrected chi connectivity index (χ3v) is 7.27. The molecule has 0 radical (unpaired) electrons. The van der Waals surface area contributed by atoms with Gasteiger partial charge in [0.15, 0.2) is 0 Å². The number of anilines is 2. The minimum absolute atomic E-state index is 0.168. The van der Waals surface area contributed by atoms with Crippen LogP contribution in [0.1, 0.15) is 90.0 Å². The monoisotopic (exact) mass is 451 g/mol. The molecule has 6 nitrogen and oxygen atoms in total. The fourth-order valence-electron chi connectivity index (χ4n) is 5.32. The molecule has 2 aliphatic carbocycles. The first kappa shape index (κ1) is 23.9. The summed E-state index contributed by atoms with van der Waals surface area (Å²) in [5.74, 6) is 2.31. The van der Waals surface area contributed by atoms with Crippen LogP contribution in [0.5, 0.6) is 0 Å². The van der Waals surface area contributed by atoms with Gasteiger partial charge in [-0.15, -0.1) is 0 Å². The normalized spacial score (nSPS) is 22.6. The second-order valence-corrected chi connectivity index (χ2v) is 10.2. The van der Waals surface area contributed by atoms with E-state index in [-0.39, 0.29) is 6.10 Å². The number of rotatable bonds is 9. The van der Waals surface area contributed by atoms with E-state index in [0.29, 0.717) is 18.0 Å². The zero-order valence-corrected chi connectivity index (χ0v) is 20.4. The fraction of sp³-hybridized carbons (Fsp3) is 0.667. The molecule has 2 aromatic rings. The van der Waals surface area contributed by atoms with Crippen LogP contribution in [0, 0.1) is 5.92 Å². The Morgan fingerprint density at radius 3 is 2.48 bits per heavy atom. The number of aromatic nitrogens is 3. The van der Waals surface area contributed by atoms with E-state index < -0.39 is 0 Å². The molecule has 0 aliphatic heterocycles. The summed E-state index contributed by atoms with van der Waals surface area (Å²) in [4.78, 5) is 14.3. The number of aliphatic hydroxyl groups excluding tert-OH is 1. The van der Waals surface area contributed by atoms with Crippen LogP contribution in [0.4, 0.5) is 11.8 Å². The van der Waals surface area contributed by atoms with Crippen molar-refractivity contribution >= 4 is 11.8 Å². The van der Waals surface area contributed by atoms with Crippen LogP contribution in [0.25, 0.3) is 11.3 Å². The molecule has 2 fully saturated rings. The molecule has 0 spiro atoms. The lowest BCUT2D eigenvalue weighted by Gasteiger charge is -2.27. The highest BCUT2D eigenvalue weighted by Crippen LogP contribution is 2.30. The Morgan fingerprint density at radius 1 is 1.00 bits per heavy atom. The lowest BCUT2D eigenvalue weighted by molar-refractivity contribution is 0.126. The molecule has 3 N–H and O–H groups in total. The standard InChI is InChI=1S/C27H41N5O/c1-3-7-19(2)30-27-29-18-24(26(32-27)31-22-11-13-23(33)14-12-22)25-15-10-21(17-28-25)16-20-8-5-4-6-9-20/h10,15,17-20,22-23,33H,3-9,11-14,16H2,1-2H3,(H2,29,30,31,32)/t19-,22-,23-/m0/s1. The molecule has 0 amide bonds. The molecule has 4 rings (SSSR count). The number of aliphatic hydroxyl groups is 1. The average molecular weight is 452 g/mol. The Kier molecular flexibility index (Phi) is 8.54. The molecule has 2 aliphatic rings. The van der Waals surface area contributed by atoms with Crippen LogP contribution in [0.2, 0.25) is 0 Å². The molecule has 180 valence electrons. The predicted molar refractivity (Wildman–Crippen MR) is 135 cm³/mol. The van der Waals surface area contributed by atoms with Crippen molar-refractivity contribution < 1.29 is 5.11 Å². The van der Waals surface area contributed by atoms with Crippen molar-refractivity contribution in [3.63, 3.8) is 0 Å². The molecule has 2 heterocycles. The average Bonchev–Trinajstić information content (AvgIpc) is 2.82. The molecular weight excluding hydrogens is 410 g/mol. The SMILES string of the molecule is CCC[C@H](C)Nc1ncc(-c2ccc(CC3CCCCC3)cn2)c(N[C@H]2CC[C@H](O)CC2)n1. The Bertz CT molecular complexity index is 857. The van der Waals surface area contributed by atoms with Gasteiger partial charge >= 0.3 is 0 Å². The highest BCUT2D eigenvalue weighted by Gasteiger charge is 2.22. The summed E-state index contributed by atoms with van der Waals surface area (Å²) in [7, 11) is 0. The second-order valence-electron chi connectivity index (χ2n) is 10.2. The van der Waals surface area contributed by atoms with E-state index in [1.54, 1.807) is 0 Å². The number of pyridine rings is 1. The fourth-order valence-corrected chi connectivity index (χ4v) is 5.32. The molecule has 2 saturated carbocycles. The maximum absolute atomic E-state index is 9.89. The largest absolute Gasteiger partial charge is 0.393 e. The van der Waals surface area contributed by atoms with Gasteiger partial charge < -0.3 is 15.7 Å². The van der Waals surface area contributed by atoms with Gasteiger partial charge in [-0.1, -0.05) is 51.5 Å². The van der Waals surface area contributed by atoms with Crippen molar-refractivity contribution in [3.05, 3.63) is 30.1 Å². The first-order valence-electron chi connectivity index (χ1n) is 13.1. The van der Waals surface area contributed by atoms with E-state index in [1.807, 2.05) is 12.4 Å².